The van der Waals surface area contributed by atoms with Gasteiger partial charge in [0.25, 0.3) is 5.91 Å². The molecule has 2 amide bonds. The molecule has 2 aliphatic rings. The van der Waals surface area contributed by atoms with Crippen LogP contribution < -0.4 is 5.32 Å². The minimum Gasteiger partial charge on any atom is -0.469 e. The minimum absolute atomic E-state index is 0.0527. The highest BCUT2D eigenvalue weighted by molar-refractivity contribution is 5.94. The fourth-order valence-corrected chi connectivity index (χ4v) is 5.17. The maximum atomic E-state index is 13.4. The standard InChI is InChI=1S/C26H30N4O3/c1-29-22-13-14-30(17-21(22)25(28-29)26(32)27-19-10-5-6-11-19)24(31)16-20(23-12-7-15-33-23)18-8-3-2-4-9-18/h2-4,7-9,12,15,19-20H,5-6,10-11,13-14,16-17H2,1H3,(H,27,32). The van der Waals surface area contributed by atoms with Gasteiger partial charge in [0.2, 0.25) is 5.91 Å². The van der Waals surface area contributed by atoms with Crippen molar-refractivity contribution in [1.29, 1.82) is 0 Å². The van der Waals surface area contributed by atoms with Crippen molar-refractivity contribution < 1.29 is 14.0 Å². The molecule has 3 heterocycles. The first kappa shape index (κ1) is 21.5. The Kier molecular flexibility index (Phi) is 6.03. The minimum atomic E-state index is -0.144. The average molecular weight is 447 g/mol. The molecule has 1 saturated carbocycles. The molecule has 1 aromatic carbocycles. The predicted octanol–water partition coefficient (Wildman–Crippen LogP) is 3.79. The molecule has 33 heavy (non-hydrogen) atoms. The largest absolute Gasteiger partial charge is 0.469 e. The smallest absolute Gasteiger partial charge is 0.272 e. The summed E-state index contributed by atoms with van der Waals surface area (Å²) in [6, 6.07) is 14.0. The number of benzene rings is 1. The normalized spacial score (nSPS) is 17.1. The van der Waals surface area contributed by atoms with Gasteiger partial charge < -0.3 is 14.6 Å². The molecule has 3 aromatic rings. The Morgan fingerprint density at radius 2 is 1.94 bits per heavy atom. The Bertz CT molecular complexity index is 1110. The van der Waals surface area contributed by atoms with Gasteiger partial charge in [-0.1, -0.05) is 43.2 Å². The fraction of sp³-hybridized carbons (Fsp3) is 0.423. The molecule has 1 atom stereocenters. The molecule has 1 unspecified atom stereocenters. The number of hydrogen-bond donors (Lipinski definition) is 1. The van der Waals surface area contributed by atoms with Crippen LogP contribution in [0.4, 0.5) is 0 Å². The van der Waals surface area contributed by atoms with Gasteiger partial charge in [0.1, 0.15) is 5.76 Å². The molecule has 1 fully saturated rings. The summed E-state index contributed by atoms with van der Waals surface area (Å²) in [4.78, 5) is 28.2. The third-order valence-corrected chi connectivity index (χ3v) is 6.97. The Morgan fingerprint density at radius 3 is 2.67 bits per heavy atom. The van der Waals surface area contributed by atoms with Crippen LogP contribution in [0.5, 0.6) is 0 Å². The molecule has 2 aromatic heterocycles. The fourth-order valence-electron chi connectivity index (χ4n) is 5.17. The van der Waals surface area contributed by atoms with Gasteiger partial charge >= 0.3 is 0 Å². The number of aromatic nitrogens is 2. The molecular formula is C26H30N4O3. The van der Waals surface area contributed by atoms with E-state index < -0.39 is 0 Å². The van der Waals surface area contributed by atoms with E-state index in [1.807, 2.05) is 54.4 Å². The molecule has 5 rings (SSSR count). The topological polar surface area (TPSA) is 80.4 Å². The summed E-state index contributed by atoms with van der Waals surface area (Å²) in [6.07, 6.45) is 7.03. The lowest BCUT2D eigenvalue weighted by molar-refractivity contribution is -0.132. The van der Waals surface area contributed by atoms with Gasteiger partial charge in [-0.2, -0.15) is 5.10 Å². The van der Waals surface area contributed by atoms with Crippen LogP contribution in [0.1, 0.15) is 71.1 Å². The molecule has 1 aliphatic carbocycles. The zero-order chi connectivity index (χ0) is 22.8. The molecule has 0 saturated heterocycles. The number of carbonyl (C=O) groups is 2. The van der Waals surface area contributed by atoms with E-state index in [-0.39, 0.29) is 23.8 Å². The molecule has 0 radical (unpaired) electrons. The van der Waals surface area contributed by atoms with Crippen LogP contribution in [0, 0.1) is 0 Å². The molecule has 1 aliphatic heterocycles. The molecule has 7 heteroatoms. The highest BCUT2D eigenvalue weighted by Crippen LogP contribution is 2.31. The Hall–Kier alpha value is -3.35. The number of carbonyl (C=O) groups excluding carboxylic acids is 2. The number of nitrogens with zero attached hydrogens (tertiary/aromatic N) is 3. The Morgan fingerprint density at radius 1 is 1.15 bits per heavy atom. The maximum absolute atomic E-state index is 13.4. The number of hydrogen-bond acceptors (Lipinski definition) is 4. The van der Waals surface area contributed by atoms with Gasteiger partial charge in [-0.15, -0.1) is 0 Å². The summed E-state index contributed by atoms with van der Waals surface area (Å²) in [5.41, 5.74) is 3.43. The van der Waals surface area contributed by atoms with Crippen LogP contribution in [-0.4, -0.2) is 39.1 Å². The summed E-state index contributed by atoms with van der Waals surface area (Å²) in [6.45, 7) is 1.03. The van der Waals surface area contributed by atoms with Crippen LogP contribution in [-0.2, 0) is 24.8 Å². The van der Waals surface area contributed by atoms with E-state index in [9.17, 15) is 9.59 Å². The second kappa shape index (κ2) is 9.25. The number of amides is 2. The monoisotopic (exact) mass is 446 g/mol. The first-order valence-corrected chi connectivity index (χ1v) is 11.8. The summed E-state index contributed by atoms with van der Waals surface area (Å²) in [7, 11) is 1.88. The van der Waals surface area contributed by atoms with Crippen LogP contribution in [0.3, 0.4) is 0 Å². The van der Waals surface area contributed by atoms with E-state index in [0.717, 1.165) is 48.3 Å². The Labute approximate surface area is 193 Å². The third kappa shape index (κ3) is 4.45. The van der Waals surface area contributed by atoms with Crippen molar-refractivity contribution in [2.24, 2.45) is 7.05 Å². The lowest BCUT2D eigenvalue weighted by Gasteiger charge is -2.29. The molecular weight excluding hydrogens is 416 g/mol. The van der Waals surface area contributed by atoms with Crippen molar-refractivity contribution in [1.82, 2.24) is 20.0 Å². The molecule has 172 valence electrons. The van der Waals surface area contributed by atoms with Crippen molar-refractivity contribution in [3.05, 3.63) is 77.0 Å². The highest BCUT2D eigenvalue weighted by atomic mass is 16.3. The summed E-state index contributed by atoms with van der Waals surface area (Å²) in [5.74, 6) is 0.571. The SMILES string of the molecule is Cn1nc(C(=O)NC2CCCC2)c2c1CCN(C(=O)CC(c1ccccc1)c1ccco1)C2. The van der Waals surface area contributed by atoms with Crippen LogP contribution in [0.25, 0.3) is 0 Å². The molecule has 1 N–H and O–H groups in total. The second-order valence-electron chi connectivity index (χ2n) is 9.10. The molecule has 0 bridgehead atoms. The van der Waals surface area contributed by atoms with E-state index in [1.165, 1.54) is 0 Å². The number of furan rings is 1. The number of fused-ring (bicyclic) bond motifs is 1. The Balaban J connectivity index is 1.34. The van der Waals surface area contributed by atoms with Crippen molar-refractivity contribution in [2.45, 2.75) is 57.0 Å². The molecule has 0 spiro atoms. The number of rotatable bonds is 6. The van der Waals surface area contributed by atoms with Gasteiger partial charge in [0.15, 0.2) is 5.69 Å². The van der Waals surface area contributed by atoms with Crippen LogP contribution >= 0.6 is 0 Å². The first-order chi connectivity index (χ1) is 16.1. The van der Waals surface area contributed by atoms with Gasteiger partial charge in [-0.25, -0.2) is 0 Å². The highest BCUT2D eigenvalue weighted by Gasteiger charge is 2.32. The predicted molar refractivity (Wildman–Crippen MR) is 124 cm³/mol. The summed E-state index contributed by atoms with van der Waals surface area (Å²) in [5, 5.41) is 7.67. The summed E-state index contributed by atoms with van der Waals surface area (Å²) >= 11 is 0. The average Bonchev–Trinajstić information content (AvgIpc) is 3.60. The van der Waals surface area contributed by atoms with Crippen LogP contribution in [0.15, 0.2) is 53.1 Å². The van der Waals surface area contributed by atoms with Crippen LogP contribution in [0.2, 0.25) is 0 Å². The summed E-state index contributed by atoms with van der Waals surface area (Å²) < 4.78 is 7.48. The first-order valence-electron chi connectivity index (χ1n) is 11.8. The third-order valence-electron chi connectivity index (χ3n) is 6.97. The van der Waals surface area contributed by atoms with E-state index in [1.54, 1.807) is 10.9 Å². The van der Waals surface area contributed by atoms with E-state index in [0.29, 0.717) is 31.6 Å². The van der Waals surface area contributed by atoms with Crippen molar-refractivity contribution in [3.63, 3.8) is 0 Å². The zero-order valence-electron chi connectivity index (χ0n) is 19.0. The van der Waals surface area contributed by atoms with Gasteiger partial charge in [-0.05, 0) is 30.5 Å². The molecule has 7 nitrogen and oxygen atoms in total. The van der Waals surface area contributed by atoms with E-state index in [2.05, 4.69) is 10.4 Å². The van der Waals surface area contributed by atoms with Crippen molar-refractivity contribution >= 4 is 11.8 Å². The van der Waals surface area contributed by atoms with E-state index >= 15 is 0 Å². The lowest BCUT2D eigenvalue weighted by atomic mass is 9.92. The number of aryl methyl sites for hydroxylation is 1. The van der Waals surface area contributed by atoms with Gasteiger partial charge in [0.05, 0.1) is 12.2 Å². The maximum Gasteiger partial charge on any atom is 0.272 e. The quantitative estimate of drug-likeness (QED) is 0.625. The van der Waals surface area contributed by atoms with Gasteiger partial charge in [0, 0.05) is 50.3 Å². The number of nitrogens with one attached hydrogen (secondary N) is 1. The van der Waals surface area contributed by atoms with Crippen molar-refractivity contribution in [3.8, 4) is 0 Å². The second-order valence-corrected chi connectivity index (χ2v) is 9.10. The zero-order valence-corrected chi connectivity index (χ0v) is 19.0. The van der Waals surface area contributed by atoms with E-state index in [4.69, 9.17) is 4.42 Å². The van der Waals surface area contributed by atoms with Crippen molar-refractivity contribution in [2.75, 3.05) is 6.54 Å². The lowest BCUT2D eigenvalue weighted by Crippen LogP contribution is -2.38. The van der Waals surface area contributed by atoms with Gasteiger partial charge in [-0.3, -0.25) is 14.3 Å².